The van der Waals surface area contributed by atoms with Gasteiger partial charge in [0.1, 0.15) is 0 Å². The molecule has 48 valence electrons. The summed E-state index contributed by atoms with van der Waals surface area (Å²) in [5, 5.41) is 0. The summed E-state index contributed by atoms with van der Waals surface area (Å²) < 4.78 is 17.3. The lowest BCUT2D eigenvalue weighted by atomic mass is 10.4. The fourth-order valence-corrected chi connectivity index (χ4v) is 1.01. The third kappa shape index (κ3) is 1.54. The van der Waals surface area contributed by atoms with Crippen molar-refractivity contribution in [2.45, 2.75) is 4.90 Å². The van der Waals surface area contributed by atoms with Gasteiger partial charge in [-0.2, -0.15) is 0 Å². The van der Waals surface area contributed by atoms with Crippen LogP contribution < -0.4 is 0 Å². The molecule has 1 unspecified atom stereocenters. The zero-order valence-corrected chi connectivity index (χ0v) is 5.64. The molecule has 0 aromatic heterocycles. The minimum Gasteiger partial charge on any atom is -0.251 e. The summed E-state index contributed by atoms with van der Waals surface area (Å²) in [5.41, 5.74) is 0. The lowest BCUT2D eigenvalue weighted by Gasteiger charge is -1.86. The fourth-order valence-electron chi connectivity index (χ4n) is 0.563. The number of nitrogens with one attached hydrogen (secondary N) is 1. The molecule has 0 saturated heterocycles. The van der Waals surface area contributed by atoms with Gasteiger partial charge in [0.2, 0.25) is 0 Å². The molecule has 0 amide bonds. The summed E-state index contributed by atoms with van der Waals surface area (Å²) >= 11 is 0. The normalized spacial score (nSPS) is 12.9. The van der Waals surface area contributed by atoms with E-state index in [1.165, 1.54) is 0 Å². The van der Waals surface area contributed by atoms with Crippen LogP contribution in [0.4, 0.5) is 0 Å². The summed E-state index contributed by atoms with van der Waals surface area (Å²) in [6.07, 6.45) is 0. The van der Waals surface area contributed by atoms with Crippen LogP contribution in [-0.4, -0.2) is 4.21 Å². The number of thiol groups is 1. The molecule has 0 fully saturated rings. The predicted octanol–water partition coefficient (Wildman–Crippen LogP) is 1.29. The molecule has 0 saturated carbocycles. The molecule has 1 atom stereocenters. The van der Waals surface area contributed by atoms with Crippen LogP contribution in [0, 0.1) is 4.78 Å². The Morgan fingerprint density at radius 2 is 1.78 bits per heavy atom. The van der Waals surface area contributed by atoms with Crippen LogP contribution in [0.3, 0.4) is 0 Å². The van der Waals surface area contributed by atoms with Crippen molar-refractivity contribution in [1.29, 1.82) is 4.78 Å². The van der Waals surface area contributed by atoms with Crippen molar-refractivity contribution in [3.8, 4) is 0 Å². The highest BCUT2D eigenvalue weighted by Crippen LogP contribution is 1.98. The monoisotopic (exact) mass is 141 g/mol. The number of rotatable bonds is 1. The van der Waals surface area contributed by atoms with Gasteiger partial charge in [-0.25, -0.2) is 4.21 Å². The molecule has 1 rings (SSSR count). The molecule has 9 heavy (non-hydrogen) atoms. The van der Waals surface area contributed by atoms with Gasteiger partial charge in [-0.15, -0.1) is 0 Å². The molecule has 0 radical (unpaired) electrons. The highest BCUT2D eigenvalue weighted by molar-refractivity contribution is 7.73. The van der Waals surface area contributed by atoms with E-state index in [9.17, 15) is 4.21 Å². The van der Waals surface area contributed by atoms with Gasteiger partial charge in [0.25, 0.3) is 0 Å². The van der Waals surface area contributed by atoms with Gasteiger partial charge in [-0.1, -0.05) is 18.2 Å². The highest BCUT2D eigenvalue weighted by Gasteiger charge is 1.84. The molecular formula is C6H7NOS. The average molecular weight is 141 g/mol. The van der Waals surface area contributed by atoms with Crippen molar-refractivity contribution in [3.63, 3.8) is 0 Å². The van der Waals surface area contributed by atoms with Gasteiger partial charge in [0.15, 0.2) is 0 Å². The van der Waals surface area contributed by atoms with Crippen LogP contribution in [-0.2, 0) is 10.6 Å². The van der Waals surface area contributed by atoms with Gasteiger partial charge < -0.3 is 0 Å². The molecule has 3 heteroatoms. The first-order valence-electron chi connectivity index (χ1n) is 2.54. The number of hydrogen-bond donors (Lipinski definition) is 2. The minimum absolute atomic E-state index is 0.590. The summed E-state index contributed by atoms with van der Waals surface area (Å²) in [4.78, 5) is 0.590. The van der Waals surface area contributed by atoms with E-state index in [1.807, 2.05) is 6.07 Å². The van der Waals surface area contributed by atoms with Crippen molar-refractivity contribution < 1.29 is 4.21 Å². The van der Waals surface area contributed by atoms with Crippen molar-refractivity contribution in [2.24, 2.45) is 0 Å². The molecule has 0 aliphatic carbocycles. The van der Waals surface area contributed by atoms with Crippen molar-refractivity contribution in [1.82, 2.24) is 0 Å². The Balaban J connectivity index is 3.13. The van der Waals surface area contributed by atoms with E-state index in [1.54, 1.807) is 24.3 Å². The third-order valence-corrected chi connectivity index (χ3v) is 1.76. The molecule has 0 aliphatic rings. The molecular weight excluding hydrogens is 134 g/mol. The molecule has 2 nitrogen and oxygen atoms in total. The summed E-state index contributed by atoms with van der Waals surface area (Å²) in [6, 6.07) is 8.76. The maximum Gasteiger partial charge on any atom is 0.0616 e. The number of benzene rings is 1. The molecule has 1 aromatic rings. The van der Waals surface area contributed by atoms with Crippen LogP contribution in [0.1, 0.15) is 0 Å². The molecule has 0 spiro atoms. The highest BCUT2D eigenvalue weighted by atomic mass is 32.2. The van der Waals surface area contributed by atoms with E-state index in [0.717, 1.165) is 0 Å². The van der Waals surface area contributed by atoms with Gasteiger partial charge in [-0.3, -0.25) is 4.78 Å². The summed E-state index contributed by atoms with van der Waals surface area (Å²) in [7, 11) is -1.90. The van der Waals surface area contributed by atoms with Crippen LogP contribution in [0.25, 0.3) is 0 Å². The third-order valence-electron chi connectivity index (χ3n) is 0.991. The Kier molecular flexibility index (Phi) is 1.85. The van der Waals surface area contributed by atoms with Gasteiger partial charge >= 0.3 is 0 Å². The molecule has 0 heterocycles. The summed E-state index contributed by atoms with van der Waals surface area (Å²) in [5.74, 6) is 0. The summed E-state index contributed by atoms with van der Waals surface area (Å²) in [6.45, 7) is 0. The lowest BCUT2D eigenvalue weighted by Crippen LogP contribution is -1.73. The van der Waals surface area contributed by atoms with E-state index in [4.69, 9.17) is 4.78 Å². The Hall–Kier alpha value is -0.830. The minimum atomic E-state index is -1.90. The van der Waals surface area contributed by atoms with Crippen LogP contribution in [0.2, 0.25) is 0 Å². The number of hydrogen-bond acceptors (Lipinski definition) is 2. The van der Waals surface area contributed by atoms with E-state index >= 15 is 0 Å². The van der Waals surface area contributed by atoms with E-state index in [2.05, 4.69) is 0 Å². The zero-order chi connectivity index (χ0) is 6.69. The molecule has 1 N–H and O–H groups in total. The first kappa shape index (κ1) is 6.29. The first-order chi connectivity index (χ1) is 4.30. The van der Waals surface area contributed by atoms with Crippen LogP contribution in [0.5, 0.6) is 0 Å². The largest absolute Gasteiger partial charge is 0.251 e. The van der Waals surface area contributed by atoms with Gasteiger partial charge in [-0.05, 0) is 12.1 Å². The van der Waals surface area contributed by atoms with Crippen LogP contribution >= 0.6 is 0 Å². The second-order valence-corrected chi connectivity index (χ2v) is 2.74. The zero-order valence-electron chi connectivity index (χ0n) is 4.74. The van der Waals surface area contributed by atoms with Crippen molar-refractivity contribution in [3.05, 3.63) is 30.3 Å². The quantitative estimate of drug-likeness (QED) is 0.568. The first-order valence-corrected chi connectivity index (χ1v) is 3.80. The van der Waals surface area contributed by atoms with E-state index in [-0.39, 0.29) is 0 Å². The van der Waals surface area contributed by atoms with E-state index < -0.39 is 10.6 Å². The molecule has 0 bridgehead atoms. The lowest BCUT2D eigenvalue weighted by molar-refractivity contribution is 0.687. The van der Waals surface area contributed by atoms with Crippen molar-refractivity contribution in [2.75, 3.05) is 0 Å². The van der Waals surface area contributed by atoms with Crippen LogP contribution in [0.15, 0.2) is 35.2 Å². The van der Waals surface area contributed by atoms with E-state index in [0.29, 0.717) is 4.90 Å². The maximum absolute atomic E-state index is 10.5. The maximum atomic E-state index is 10.5. The Labute approximate surface area is 55.5 Å². The van der Waals surface area contributed by atoms with Gasteiger partial charge in [0, 0.05) is 4.90 Å². The Morgan fingerprint density at radius 3 is 2.11 bits per heavy atom. The molecule has 0 aliphatic heterocycles. The second-order valence-electron chi connectivity index (χ2n) is 1.63. The van der Waals surface area contributed by atoms with Gasteiger partial charge in [0.05, 0.1) is 10.6 Å². The second kappa shape index (κ2) is 2.64. The predicted molar refractivity (Wildman–Crippen MR) is 37.0 cm³/mol. The standard InChI is InChI=1S/C6H7NOS/c7-9(8)6-4-2-1-3-5-6/h1-5,7,9H. The smallest absolute Gasteiger partial charge is 0.0616 e. The molecule has 1 aromatic carbocycles. The fraction of sp³-hybridized carbons (Fsp3) is 0. The Bertz CT molecular complexity index is 245. The topological polar surface area (TPSA) is 40.9 Å². The van der Waals surface area contributed by atoms with Crippen molar-refractivity contribution >= 4 is 10.6 Å². The average Bonchev–Trinajstić information content (AvgIpc) is 1.90. The Morgan fingerprint density at radius 1 is 1.22 bits per heavy atom. The SMILES string of the molecule is N=[SH](=O)c1ccccc1.